The first-order valence-corrected chi connectivity index (χ1v) is 8.88. The summed E-state index contributed by atoms with van der Waals surface area (Å²) in [6, 6.07) is 11.6. The van der Waals surface area contributed by atoms with Gasteiger partial charge in [0.05, 0.1) is 0 Å². The van der Waals surface area contributed by atoms with Gasteiger partial charge in [-0.2, -0.15) is 0 Å². The van der Waals surface area contributed by atoms with Gasteiger partial charge in [0, 0.05) is 15.6 Å². The van der Waals surface area contributed by atoms with E-state index < -0.39 is 0 Å². The monoisotopic (exact) mass is 289 g/mol. The number of hydrogen-bond acceptors (Lipinski definition) is 2. The molecule has 1 aromatic carbocycles. The molecule has 1 atom stereocenters. The van der Waals surface area contributed by atoms with E-state index in [1.54, 1.807) is 0 Å². The van der Waals surface area contributed by atoms with Crippen molar-refractivity contribution in [1.29, 1.82) is 0 Å². The maximum absolute atomic E-state index is 3.66. The van der Waals surface area contributed by atoms with Gasteiger partial charge in [-0.05, 0) is 30.5 Å². The van der Waals surface area contributed by atoms with Crippen LogP contribution < -0.4 is 5.32 Å². The average molecular weight is 289 g/mol. The van der Waals surface area contributed by atoms with E-state index in [1.165, 1.54) is 53.5 Å². The number of benzene rings is 1. The van der Waals surface area contributed by atoms with Gasteiger partial charge in [0.1, 0.15) is 0 Å². The van der Waals surface area contributed by atoms with Gasteiger partial charge in [0.2, 0.25) is 0 Å². The van der Waals surface area contributed by atoms with Crippen LogP contribution in [0.5, 0.6) is 0 Å². The Kier molecular flexibility index (Phi) is 6.55. The van der Waals surface area contributed by atoms with Gasteiger partial charge in [-0.15, -0.1) is 11.3 Å². The summed E-state index contributed by atoms with van der Waals surface area (Å²) >= 11 is 1.95. The lowest BCUT2D eigenvalue weighted by Gasteiger charge is -2.16. The molecule has 0 radical (unpaired) electrons. The van der Waals surface area contributed by atoms with Crippen LogP contribution in [0.3, 0.4) is 0 Å². The van der Waals surface area contributed by atoms with Gasteiger partial charge in [-0.1, -0.05) is 64.2 Å². The first-order valence-electron chi connectivity index (χ1n) is 8.07. The first-order chi connectivity index (χ1) is 9.85. The van der Waals surface area contributed by atoms with Gasteiger partial charge in [-0.3, -0.25) is 0 Å². The van der Waals surface area contributed by atoms with Crippen molar-refractivity contribution in [2.45, 2.75) is 58.4 Å². The third-order valence-corrected chi connectivity index (χ3v) is 5.06. The molecule has 1 nitrogen and oxygen atoms in total. The van der Waals surface area contributed by atoms with Crippen LogP contribution in [0.25, 0.3) is 10.1 Å². The van der Waals surface area contributed by atoms with Gasteiger partial charge < -0.3 is 5.32 Å². The molecular formula is C18H27NS. The number of rotatable bonds is 9. The minimum Gasteiger partial charge on any atom is -0.310 e. The lowest BCUT2D eigenvalue weighted by atomic mass is 10.0. The molecule has 0 aliphatic heterocycles. The van der Waals surface area contributed by atoms with Crippen LogP contribution in [-0.2, 0) is 0 Å². The van der Waals surface area contributed by atoms with Crippen molar-refractivity contribution < 1.29 is 0 Å². The molecule has 0 saturated heterocycles. The summed E-state index contributed by atoms with van der Waals surface area (Å²) in [6.07, 6.45) is 8.08. The predicted octanol–water partition coefficient (Wildman–Crippen LogP) is 5.91. The highest BCUT2D eigenvalue weighted by molar-refractivity contribution is 7.19. The van der Waals surface area contributed by atoms with Crippen molar-refractivity contribution in [2.24, 2.45) is 0 Å². The molecule has 0 bridgehead atoms. The smallest absolute Gasteiger partial charge is 0.0415 e. The molecule has 0 fully saturated rings. The minimum absolute atomic E-state index is 0.541. The van der Waals surface area contributed by atoms with Crippen LogP contribution in [0.1, 0.15) is 63.3 Å². The lowest BCUT2D eigenvalue weighted by molar-refractivity contribution is 0.484. The fourth-order valence-corrected chi connectivity index (χ4v) is 3.89. The largest absolute Gasteiger partial charge is 0.310 e. The van der Waals surface area contributed by atoms with Gasteiger partial charge in [0.15, 0.2) is 0 Å². The third-order valence-electron chi connectivity index (χ3n) is 3.83. The molecule has 2 heteroatoms. The van der Waals surface area contributed by atoms with E-state index in [2.05, 4.69) is 49.5 Å². The second-order valence-electron chi connectivity index (χ2n) is 5.50. The number of hydrogen-bond donors (Lipinski definition) is 1. The van der Waals surface area contributed by atoms with Gasteiger partial charge >= 0.3 is 0 Å². The highest BCUT2D eigenvalue weighted by Gasteiger charge is 2.13. The van der Waals surface area contributed by atoms with Crippen molar-refractivity contribution in [3.8, 4) is 0 Å². The average Bonchev–Trinajstić information content (AvgIpc) is 2.89. The van der Waals surface area contributed by atoms with Crippen LogP contribution in [0.15, 0.2) is 30.3 Å². The first kappa shape index (κ1) is 15.5. The maximum Gasteiger partial charge on any atom is 0.0415 e. The Balaban J connectivity index is 1.96. The summed E-state index contributed by atoms with van der Waals surface area (Å²) in [5, 5.41) is 5.05. The molecule has 2 rings (SSSR count). The highest BCUT2D eigenvalue weighted by atomic mass is 32.1. The maximum atomic E-state index is 3.66. The molecule has 0 aliphatic carbocycles. The van der Waals surface area contributed by atoms with E-state index >= 15 is 0 Å². The van der Waals surface area contributed by atoms with Crippen molar-refractivity contribution in [1.82, 2.24) is 5.32 Å². The molecule has 1 unspecified atom stereocenters. The van der Waals surface area contributed by atoms with Crippen LogP contribution in [0.2, 0.25) is 0 Å². The summed E-state index contributed by atoms with van der Waals surface area (Å²) in [7, 11) is 0. The molecule has 20 heavy (non-hydrogen) atoms. The third kappa shape index (κ3) is 4.32. The Morgan fingerprint density at radius 2 is 1.85 bits per heavy atom. The van der Waals surface area contributed by atoms with Crippen molar-refractivity contribution in [2.75, 3.05) is 6.54 Å². The summed E-state index contributed by atoms with van der Waals surface area (Å²) in [5.41, 5.74) is 0. The van der Waals surface area contributed by atoms with Crippen LogP contribution >= 0.6 is 11.3 Å². The Hall–Kier alpha value is -0.860. The van der Waals surface area contributed by atoms with E-state index in [0.717, 1.165) is 6.54 Å². The lowest BCUT2D eigenvalue weighted by Crippen LogP contribution is -2.19. The summed E-state index contributed by atoms with van der Waals surface area (Å²) in [6.45, 7) is 5.53. The second kappa shape index (κ2) is 8.43. The summed E-state index contributed by atoms with van der Waals surface area (Å²) in [4.78, 5) is 1.50. The van der Waals surface area contributed by atoms with Crippen LogP contribution in [0.4, 0.5) is 0 Å². The number of unbranched alkanes of at least 4 members (excludes halogenated alkanes) is 4. The number of fused-ring (bicyclic) bond motifs is 1. The zero-order valence-corrected chi connectivity index (χ0v) is 13.6. The molecule has 0 saturated carbocycles. The molecule has 1 N–H and O–H groups in total. The Labute approximate surface area is 127 Å². The second-order valence-corrected chi connectivity index (χ2v) is 6.62. The van der Waals surface area contributed by atoms with Crippen molar-refractivity contribution in [3.63, 3.8) is 0 Å². The van der Waals surface area contributed by atoms with E-state index in [-0.39, 0.29) is 0 Å². The zero-order valence-electron chi connectivity index (χ0n) is 12.8. The van der Waals surface area contributed by atoms with Crippen molar-refractivity contribution >= 4 is 21.4 Å². The van der Waals surface area contributed by atoms with Gasteiger partial charge in [0.25, 0.3) is 0 Å². The molecule has 0 aliphatic rings. The quantitative estimate of drug-likeness (QED) is 0.566. The standard InChI is InChI=1S/C18H27NS/c1-3-5-6-7-8-12-16(19-4-2)18-14-15-11-9-10-13-17(15)20-18/h9-11,13-14,16,19H,3-8,12H2,1-2H3. The van der Waals surface area contributed by atoms with Crippen LogP contribution in [-0.4, -0.2) is 6.54 Å². The molecule has 110 valence electrons. The molecule has 0 spiro atoms. The fourth-order valence-electron chi connectivity index (χ4n) is 2.72. The normalized spacial score (nSPS) is 12.9. The highest BCUT2D eigenvalue weighted by Crippen LogP contribution is 2.32. The fraction of sp³-hybridized carbons (Fsp3) is 0.556. The Bertz CT molecular complexity index is 470. The van der Waals surface area contributed by atoms with Crippen LogP contribution in [0, 0.1) is 0 Å². The van der Waals surface area contributed by atoms with E-state index in [4.69, 9.17) is 0 Å². The van der Waals surface area contributed by atoms with Gasteiger partial charge in [-0.25, -0.2) is 0 Å². The molecule has 1 aromatic heterocycles. The Morgan fingerprint density at radius 1 is 1.05 bits per heavy atom. The summed E-state index contributed by atoms with van der Waals surface area (Å²) in [5.74, 6) is 0. The van der Waals surface area contributed by atoms with E-state index in [0.29, 0.717) is 6.04 Å². The SMILES string of the molecule is CCCCCCCC(NCC)c1cc2ccccc2s1. The number of thiophene rings is 1. The summed E-state index contributed by atoms with van der Waals surface area (Å²) < 4.78 is 1.41. The van der Waals surface area contributed by atoms with E-state index in [9.17, 15) is 0 Å². The number of nitrogens with one attached hydrogen (secondary N) is 1. The predicted molar refractivity (Wildman–Crippen MR) is 91.6 cm³/mol. The Morgan fingerprint density at radius 3 is 2.60 bits per heavy atom. The molecule has 0 amide bonds. The topological polar surface area (TPSA) is 12.0 Å². The zero-order chi connectivity index (χ0) is 14.2. The van der Waals surface area contributed by atoms with E-state index in [1.807, 2.05) is 11.3 Å². The molecule has 2 aromatic rings. The minimum atomic E-state index is 0.541. The molecule has 1 heterocycles. The molecular weight excluding hydrogens is 262 g/mol. The van der Waals surface area contributed by atoms with Crippen molar-refractivity contribution in [3.05, 3.63) is 35.2 Å².